The van der Waals surface area contributed by atoms with E-state index in [9.17, 15) is 19.2 Å². The number of nitrogens with zero attached hydrogens (tertiary/aromatic N) is 1. The van der Waals surface area contributed by atoms with Crippen molar-refractivity contribution in [2.45, 2.75) is 39.2 Å². The Labute approximate surface area is 175 Å². The van der Waals surface area contributed by atoms with Crippen molar-refractivity contribution >= 4 is 29.6 Å². The Morgan fingerprint density at radius 1 is 0.933 bits per heavy atom. The molecule has 0 atom stereocenters. The Hall–Kier alpha value is -3.10. The third kappa shape index (κ3) is 6.20. The van der Waals surface area contributed by atoms with E-state index in [-0.39, 0.29) is 28.6 Å². The van der Waals surface area contributed by atoms with Gasteiger partial charge in [-0.15, -0.1) is 0 Å². The van der Waals surface area contributed by atoms with Gasteiger partial charge >= 0.3 is 18.0 Å². The molecule has 0 spiro atoms. The van der Waals surface area contributed by atoms with E-state index in [1.165, 1.54) is 32.4 Å². The molecule has 1 aliphatic rings. The lowest BCUT2D eigenvalue weighted by Crippen LogP contribution is -2.43. The number of rotatable bonds is 4. The van der Waals surface area contributed by atoms with Crippen LogP contribution in [0.15, 0.2) is 18.2 Å². The van der Waals surface area contributed by atoms with Gasteiger partial charge in [0.2, 0.25) is 5.91 Å². The van der Waals surface area contributed by atoms with Crippen molar-refractivity contribution in [3.05, 3.63) is 29.3 Å². The quantitative estimate of drug-likeness (QED) is 0.589. The smallest absolute Gasteiger partial charge is 0.410 e. The largest absolute Gasteiger partial charge is 0.465 e. The first kappa shape index (κ1) is 23.2. The molecule has 30 heavy (non-hydrogen) atoms. The van der Waals surface area contributed by atoms with Gasteiger partial charge in [0.25, 0.3) is 0 Å². The van der Waals surface area contributed by atoms with E-state index in [0.29, 0.717) is 25.9 Å². The number of likely N-dealkylation sites (tertiary alicyclic amines) is 1. The summed E-state index contributed by atoms with van der Waals surface area (Å²) < 4.78 is 14.8. The fourth-order valence-corrected chi connectivity index (χ4v) is 3.07. The van der Waals surface area contributed by atoms with Crippen molar-refractivity contribution in [3.8, 4) is 0 Å². The highest BCUT2D eigenvalue weighted by Gasteiger charge is 2.30. The second-order valence-electron chi connectivity index (χ2n) is 8.01. The van der Waals surface area contributed by atoms with Crippen LogP contribution in [0.4, 0.5) is 10.5 Å². The Morgan fingerprint density at radius 2 is 1.43 bits per heavy atom. The van der Waals surface area contributed by atoms with Crippen LogP contribution < -0.4 is 5.32 Å². The van der Waals surface area contributed by atoms with Crippen LogP contribution >= 0.6 is 0 Å². The Morgan fingerprint density at radius 3 is 1.87 bits per heavy atom. The number of ether oxygens (including phenoxy) is 3. The van der Waals surface area contributed by atoms with E-state index in [2.05, 4.69) is 5.32 Å². The van der Waals surface area contributed by atoms with Crippen molar-refractivity contribution in [2.75, 3.05) is 32.6 Å². The molecule has 0 aromatic heterocycles. The molecule has 0 radical (unpaired) electrons. The van der Waals surface area contributed by atoms with Gasteiger partial charge in [-0.25, -0.2) is 14.4 Å². The third-order valence-corrected chi connectivity index (χ3v) is 4.56. The lowest BCUT2D eigenvalue weighted by atomic mass is 9.96. The van der Waals surface area contributed by atoms with Crippen LogP contribution in [0.5, 0.6) is 0 Å². The highest BCUT2D eigenvalue weighted by molar-refractivity contribution is 6.00. The van der Waals surface area contributed by atoms with Crippen LogP contribution in [0.3, 0.4) is 0 Å². The number of carbonyl (C=O) groups excluding carboxylic acids is 4. The molecule has 1 saturated heterocycles. The van der Waals surface area contributed by atoms with E-state index in [0.717, 1.165) is 0 Å². The SMILES string of the molecule is COC(=O)c1cc(NC(=O)C2CCN(C(=O)OC(C)(C)C)CC2)cc(C(=O)OC)c1. The number of methoxy groups -OCH3 is 2. The molecule has 1 N–H and O–H groups in total. The molecular formula is C21H28N2O7. The predicted molar refractivity (Wildman–Crippen MR) is 108 cm³/mol. The van der Waals surface area contributed by atoms with Gasteiger partial charge in [-0.05, 0) is 51.8 Å². The van der Waals surface area contributed by atoms with Crippen molar-refractivity contribution < 1.29 is 33.4 Å². The van der Waals surface area contributed by atoms with Gasteiger partial charge < -0.3 is 24.4 Å². The molecule has 2 amide bonds. The number of hydrogen-bond donors (Lipinski definition) is 1. The van der Waals surface area contributed by atoms with Crippen molar-refractivity contribution in [2.24, 2.45) is 5.92 Å². The second-order valence-corrected chi connectivity index (χ2v) is 8.01. The number of nitrogens with one attached hydrogen (secondary N) is 1. The molecule has 1 aromatic rings. The van der Waals surface area contributed by atoms with E-state index >= 15 is 0 Å². The summed E-state index contributed by atoms with van der Waals surface area (Å²) in [4.78, 5) is 50.2. The highest BCUT2D eigenvalue weighted by atomic mass is 16.6. The molecule has 164 valence electrons. The third-order valence-electron chi connectivity index (χ3n) is 4.56. The summed E-state index contributed by atoms with van der Waals surface area (Å²) in [5.74, 6) is -1.84. The van der Waals surface area contributed by atoms with Gasteiger partial charge in [-0.1, -0.05) is 0 Å². The minimum atomic E-state index is -0.637. The number of anilines is 1. The normalized spacial score (nSPS) is 14.6. The minimum Gasteiger partial charge on any atom is -0.465 e. The van der Waals surface area contributed by atoms with Gasteiger partial charge in [-0.3, -0.25) is 4.79 Å². The number of esters is 2. The van der Waals surface area contributed by atoms with Gasteiger partial charge in [0.05, 0.1) is 25.3 Å². The zero-order chi connectivity index (χ0) is 22.5. The molecule has 1 aromatic carbocycles. The maximum Gasteiger partial charge on any atom is 0.410 e. The van der Waals surface area contributed by atoms with Gasteiger partial charge in [-0.2, -0.15) is 0 Å². The van der Waals surface area contributed by atoms with Crippen LogP contribution in [0.2, 0.25) is 0 Å². The van der Waals surface area contributed by atoms with E-state index in [1.807, 2.05) is 0 Å². The molecule has 1 aliphatic heterocycles. The molecule has 0 bridgehead atoms. The predicted octanol–water partition coefficient (Wildman–Crippen LogP) is 2.85. The summed E-state index contributed by atoms with van der Waals surface area (Å²) in [6, 6.07) is 4.21. The standard InChI is InChI=1S/C21H28N2O7/c1-21(2,3)30-20(27)23-8-6-13(7-9-23)17(24)22-16-11-14(18(25)28-4)10-15(12-16)19(26)29-5/h10-13H,6-9H2,1-5H3,(H,22,24). The fraction of sp³-hybridized carbons (Fsp3) is 0.524. The van der Waals surface area contributed by atoms with Gasteiger partial charge in [0.1, 0.15) is 5.60 Å². The summed E-state index contributed by atoms with van der Waals surface area (Å²) in [5.41, 5.74) is -0.0448. The average Bonchev–Trinajstić information content (AvgIpc) is 2.71. The zero-order valence-corrected chi connectivity index (χ0v) is 17.9. The molecule has 0 unspecified atom stereocenters. The lowest BCUT2D eigenvalue weighted by Gasteiger charge is -2.32. The summed E-state index contributed by atoms with van der Waals surface area (Å²) >= 11 is 0. The molecule has 0 aliphatic carbocycles. The molecule has 1 heterocycles. The Bertz CT molecular complexity index is 787. The molecule has 9 nitrogen and oxygen atoms in total. The average molecular weight is 420 g/mol. The first-order chi connectivity index (χ1) is 14.0. The highest BCUT2D eigenvalue weighted by Crippen LogP contribution is 2.23. The molecular weight excluding hydrogens is 392 g/mol. The molecule has 9 heteroatoms. The first-order valence-electron chi connectivity index (χ1n) is 9.64. The summed E-state index contributed by atoms with van der Waals surface area (Å²) in [6.07, 6.45) is 0.562. The topological polar surface area (TPSA) is 111 Å². The fourth-order valence-electron chi connectivity index (χ4n) is 3.07. The second kappa shape index (κ2) is 9.60. The van der Waals surface area contributed by atoms with Crippen LogP contribution in [0, 0.1) is 5.92 Å². The van der Waals surface area contributed by atoms with Crippen LogP contribution in [-0.4, -0.2) is 61.7 Å². The zero-order valence-electron chi connectivity index (χ0n) is 17.9. The maximum absolute atomic E-state index is 12.7. The summed E-state index contributed by atoms with van der Waals surface area (Å²) in [6.45, 7) is 6.22. The lowest BCUT2D eigenvalue weighted by molar-refractivity contribution is -0.121. The molecule has 0 saturated carbocycles. The number of amides is 2. The van der Waals surface area contributed by atoms with Crippen molar-refractivity contribution in [1.82, 2.24) is 4.90 Å². The number of piperidine rings is 1. The van der Waals surface area contributed by atoms with Crippen LogP contribution in [-0.2, 0) is 19.0 Å². The van der Waals surface area contributed by atoms with E-state index in [1.54, 1.807) is 25.7 Å². The van der Waals surface area contributed by atoms with Gasteiger partial charge in [0.15, 0.2) is 0 Å². The van der Waals surface area contributed by atoms with Crippen molar-refractivity contribution in [1.29, 1.82) is 0 Å². The van der Waals surface area contributed by atoms with Crippen LogP contribution in [0.1, 0.15) is 54.3 Å². The van der Waals surface area contributed by atoms with E-state index < -0.39 is 23.6 Å². The number of hydrogen-bond acceptors (Lipinski definition) is 7. The van der Waals surface area contributed by atoms with Crippen LogP contribution in [0.25, 0.3) is 0 Å². The molecule has 1 fully saturated rings. The van der Waals surface area contributed by atoms with E-state index in [4.69, 9.17) is 14.2 Å². The number of carbonyl (C=O) groups is 4. The summed E-state index contributed by atoms with van der Waals surface area (Å²) in [5, 5.41) is 2.74. The molecule has 2 rings (SSSR count). The van der Waals surface area contributed by atoms with Crippen molar-refractivity contribution in [3.63, 3.8) is 0 Å². The monoisotopic (exact) mass is 420 g/mol. The summed E-state index contributed by atoms with van der Waals surface area (Å²) in [7, 11) is 2.45. The van der Waals surface area contributed by atoms with Gasteiger partial charge in [0, 0.05) is 24.7 Å². The Balaban J connectivity index is 2.05. The first-order valence-corrected chi connectivity index (χ1v) is 9.64. The Kier molecular flexibility index (Phi) is 7.42. The maximum atomic E-state index is 12.7. The number of benzene rings is 1. The minimum absolute atomic E-state index is 0.121.